The molecule has 1 N–H and O–H groups in total. The Bertz CT molecular complexity index is 580. The lowest BCUT2D eigenvalue weighted by Gasteiger charge is -2.11. The van der Waals surface area contributed by atoms with Gasteiger partial charge in [-0.2, -0.15) is 0 Å². The maximum absolute atomic E-state index is 11.8. The molecule has 0 aliphatic rings. The number of carbonyl (C=O) groups is 1. The highest BCUT2D eigenvalue weighted by Crippen LogP contribution is 2.20. The van der Waals surface area contributed by atoms with E-state index in [4.69, 9.17) is 0 Å². The molecule has 0 radical (unpaired) electrons. The highest BCUT2D eigenvalue weighted by Gasteiger charge is 2.14. The highest BCUT2D eigenvalue weighted by molar-refractivity contribution is 7.98. The molecule has 2 rings (SSSR count). The molecule has 5 nitrogen and oxygen atoms in total. The Morgan fingerprint density at radius 1 is 1.30 bits per heavy atom. The van der Waals surface area contributed by atoms with Crippen LogP contribution in [0.1, 0.15) is 25.2 Å². The molecule has 1 heterocycles. The van der Waals surface area contributed by atoms with Gasteiger partial charge in [0.05, 0.1) is 0 Å². The van der Waals surface area contributed by atoms with Crippen molar-refractivity contribution < 1.29 is 4.79 Å². The van der Waals surface area contributed by atoms with E-state index in [1.807, 2.05) is 39.0 Å². The maximum Gasteiger partial charge on any atom is 0.241 e. The van der Waals surface area contributed by atoms with Gasteiger partial charge in [0.15, 0.2) is 0 Å². The van der Waals surface area contributed by atoms with Gasteiger partial charge in [0, 0.05) is 11.7 Å². The van der Waals surface area contributed by atoms with Crippen LogP contribution in [0, 0.1) is 12.8 Å². The molecule has 20 heavy (non-hydrogen) atoms. The molecule has 0 bridgehead atoms. The molecule has 0 unspecified atom stereocenters. The fourth-order valence-electron chi connectivity index (χ4n) is 1.53. The van der Waals surface area contributed by atoms with E-state index in [-0.39, 0.29) is 11.8 Å². The number of nitrogens with zero attached hydrogens (tertiary/aromatic N) is 3. The molecule has 106 valence electrons. The molecule has 1 aromatic heterocycles. The molecule has 1 aromatic carbocycles. The number of rotatable bonds is 5. The van der Waals surface area contributed by atoms with Crippen LogP contribution in [-0.2, 0) is 10.5 Å². The minimum absolute atomic E-state index is 0.0468. The van der Waals surface area contributed by atoms with Crippen LogP contribution >= 0.6 is 11.8 Å². The van der Waals surface area contributed by atoms with Crippen molar-refractivity contribution in [3.05, 3.63) is 41.7 Å². The molecular formula is C14H18N4OS. The molecule has 6 heteroatoms. The van der Waals surface area contributed by atoms with Crippen molar-refractivity contribution in [1.29, 1.82) is 0 Å². The number of aryl methyl sites for hydroxylation is 1. The quantitative estimate of drug-likeness (QED) is 0.860. The number of hydrogen-bond acceptors (Lipinski definition) is 4. The topological polar surface area (TPSA) is 59.8 Å². The second-order valence-corrected chi connectivity index (χ2v) is 5.71. The first kappa shape index (κ1) is 14.6. The van der Waals surface area contributed by atoms with Crippen LogP contribution in [0.3, 0.4) is 0 Å². The summed E-state index contributed by atoms with van der Waals surface area (Å²) in [5, 5.41) is 8.82. The van der Waals surface area contributed by atoms with E-state index >= 15 is 0 Å². The molecular weight excluding hydrogens is 272 g/mol. The van der Waals surface area contributed by atoms with Gasteiger partial charge in [-0.05, 0) is 12.5 Å². The SMILES string of the molecule is Cc1nnc(SCc2ccccc2)n1NC(=O)C(C)C. The first-order valence-corrected chi connectivity index (χ1v) is 7.46. The predicted octanol–water partition coefficient (Wildman–Crippen LogP) is 2.60. The predicted molar refractivity (Wildman–Crippen MR) is 80.0 cm³/mol. The van der Waals surface area contributed by atoms with Crippen molar-refractivity contribution in [2.45, 2.75) is 31.7 Å². The third kappa shape index (κ3) is 3.60. The zero-order chi connectivity index (χ0) is 14.5. The van der Waals surface area contributed by atoms with Crippen molar-refractivity contribution in [3.63, 3.8) is 0 Å². The minimum atomic E-state index is -0.0798. The summed E-state index contributed by atoms with van der Waals surface area (Å²) in [4.78, 5) is 11.8. The number of thioether (sulfide) groups is 1. The van der Waals surface area contributed by atoms with E-state index in [9.17, 15) is 4.79 Å². The van der Waals surface area contributed by atoms with Crippen molar-refractivity contribution in [3.8, 4) is 0 Å². The first-order chi connectivity index (χ1) is 9.58. The van der Waals surface area contributed by atoms with Crippen LogP contribution in [0.2, 0.25) is 0 Å². The summed E-state index contributed by atoms with van der Waals surface area (Å²) in [5.41, 5.74) is 4.03. The summed E-state index contributed by atoms with van der Waals surface area (Å²) in [7, 11) is 0. The average molecular weight is 290 g/mol. The summed E-state index contributed by atoms with van der Waals surface area (Å²) in [6.45, 7) is 5.53. The number of aromatic nitrogens is 3. The molecule has 0 saturated carbocycles. The average Bonchev–Trinajstić information content (AvgIpc) is 2.78. The van der Waals surface area contributed by atoms with Gasteiger partial charge in [-0.25, -0.2) is 4.68 Å². The number of amides is 1. The lowest BCUT2D eigenvalue weighted by atomic mass is 10.2. The van der Waals surface area contributed by atoms with Gasteiger partial charge in [-0.1, -0.05) is 55.9 Å². The van der Waals surface area contributed by atoms with E-state index < -0.39 is 0 Å². The fourth-order valence-corrected chi connectivity index (χ4v) is 2.42. The second-order valence-electron chi connectivity index (χ2n) is 4.77. The van der Waals surface area contributed by atoms with E-state index in [1.54, 1.807) is 16.4 Å². The zero-order valence-electron chi connectivity index (χ0n) is 11.8. The molecule has 0 aliphatic heterocycles. The van der Waals surface area contributed by atoms with Gasteiger partial charge in [0.2, 0.25) is 11.1 Å². The monoisotopic (exact) mass is 290 g/mol. The Morgan fingerprint density at radius 3 is 2.65 bits per heavy atom. The van der Waals surface area contributed by atoms with Gasteiger partial charge >= 0.3 is 0 Å². The van der Waals surface area contributed by atoms with Crippen molar-refractivity contribution in [2.24, 2.45) is 5.92 Å². The third-order valence-electron chi connectivity index (χ3n) is 2.75. The zero-order valence-corrected chi connectivity index (χ0v) is 12.6. The summed E-state index contributed by atoms with van der Waals surface area (Å²) in [5.74, 6) is 1.34. The van der Waals surface area contributed by atoms with Crippen LogP contribution in [0.25, 0.3) is 0 Å². The summed E-state index contributed by atoms with van der Waals surface area (Å²) < 4.78 is 1.65. The Balaban J connectivity index is 2.07. The standard InChI is InChI=1S/C14H18N4OS/c1-10(2)13(19)17-18-11(3)15-16-14(18)20-9-12-7-5-4-6-8-12/h4-8,10H,9H2,1-3H3,(H,17,19). The van der Waals surface area contributed by atoms with Crippen LogP contribution in [0.5, 0.6) is 0 Å². The molecule has 1 amide bonds. The largest absolute Gasteiger partial charge is 0.273 e. The van der Waals surface area contributed by atoms with E-state index in [0.29, 0.717) is 11.0 Å². The Kier molecular flexibility index (Phi) is 4.79. The Labute approximate surface area is 122 Å². The van der Waals surface area contributed by atoms with Gasteiger partial charge in [0.1, 0.15) is 5.82 Å². The minimum Gasteiger partial charge on any atom is -0.273 e. The van der Waals surface area contributed by atoms with Crippen LogP contribution in [0.15, 0.2) is 35.5 Å². The molecule has 0 atom stereocenters. The molecule has 2 aromatic rings. The van der Waals surface area contributed by atoms with Gasteiger partial charge in [-0.15, -0.1) is 10.2 Å². The second kappa shape index (κ2) is 6.56. The normalized spacial score (nSPS) is 10.8. The molecule has 0 spiro atoms. The lowest BCUT2D eigenvalue weighted by Crippen LogP contribution is -2.28. The number of hydrogen-bond donors (Lipinski definition) is 1. The van der Waals surface area contributed by atoms with E-state index in [0.717, 1.165) is 5.75 Å². The Morgan fingerprint density at radius 2 is 2.00 bits per heavy atom. The van der Waals surface area contributed by atoms with Crippen LogP contribution in [-0.4, -0.2) is 20.8 Å². The van der Waals surface area contributed by atoms with Crippen LogP contribution < -0.4 is 5.43 Å². The smallest absolute Gasteiger partial charge is 0.241 e. The molecule has 0 saturated heterocycles. The fraction of sp³-hybridized carbons (Fsp3) is 0.357. The summed E-state index contributed by atoms with van der Waals surface area (Å²) in [6.07, 6.45) is 0. The maximum atomic E-state index is 11.8. The van der Waals surface area contributed by atoms with Crippen LogP contribution in [0.4, 0.5) is 0 Å². The van der Waals surface area contributed by atoms with Crippen molar-refractivity contribution in [1.82, 2.24) is 14.9 Å². The van der Waals surface area contributed by atoms with Crippen molar-refractivity contribution >= 4 is 17.7 Å². The number of carbonyl (C=O) groups excluding carboxylic acids is 1. The van der Waals surface area contributed by atoms with E-state index in [1.165, 1.54) is 5.56 Å². The van der Waals surface area contributed by atoms with Gasteiger partial charge < -0.3 is 0 Å². The number of benzene rings is 1. The summed E-state index contributed by atoms with van der Waals surface area (Å²) >= 11 is 1.55. The summed E-state index contributed by atoms with van der Waals surface area (Å²) in [6, 6.07) is 10.1. The molecule has 0 fully saturated rings. The first-order valence-electron chi connectivity index (χ1n) is 6.47. The van der Waals surface area contributed by atoms with Gasteiger partial charge in [0.25, 0.3) is 0 Å². The van der Waals surface area contributed by atoms with E-state index in [2.05, 4.69) is 27.8 Å². The third-order valence-corrected chi connectivity index (χ3v) is 3.75. The van der Waals surface area contributed by atoms with Gasteiger partial charge in [-0.3, -0.25) is 10.2 Å². The Hall–Kier alpha value is -1.82. The lowest BCUT2D eigenvalue weighted by molar-refractivity contribution is -0.119. The number of nitrogens with one attached hydrogen (secondary N) is 1. The molecule has 0 aliphatic carbocycles. The highest BCUT2D eigenvalue weighted by atomic mass is 32.2. The van der Waals surface area contributed by atoms with Crippen molar-refractivity contribution in [2.75, 3.05) is 5.43 Å².